The third kappa shape index (κ3) is 2.73. The first-order chi connectivity index (χ1) is 9.86. The maximum absolute atomic E-state index is 13.1. The molecule has 0 aliphatic carbocycles. The number of hydrogen-bond donors (Lipinski definition) is 0. The predicted octanol–water partition coefficient (Wildman–Crippen LogP) is 2.44. The molecule has 6 nitrogen and oxygen atoms in total. The van der Waals surface area contributed by atoms with Crippen LogP contribution in [0.4, 0.5) is 10.1 Å². The van der Waals surface area contributed by atoms with Crippen molar-refractivity contribution in [3.8, 4) is 6.07 Å². The summed E-state index contributed by atoms with van der Waals surface area (Å²) in [5.74, 6) is -0.724. The number of sulfone groups is 1. The Labute approximate surface area is 119 Å². The van der Waals surface area contributed by atoms with Crippen molar-refractivity contribution in [3.05, 3.63) is 64.0 Å². The third-order valence-corrected chi connectivity index (χ3v) is 4.45. The molecule has 0 aliphatic rings. The number of hydrogen-bond acceptors (Lipinski definition) is 5. The summed E-state index contributed by atoms with van der Waals surface area (Å²) in [6.45, 7) is 0. The highest BCUT2D eigenvalue weighted by Crippen LogP contribution is 2.26. The summed E-state index contributed by atoms with van der Waals surface area (Å²) in [6, 6.07) is 8.79. The summed E-state index contributed by atoms with van der Waals surface area (Å²) in [5.41, 5.74) is -0.867. The van der Waals surface area contributed by atoms with E-state index in [-0.39, 0.29) is 15.4 Å². The van der Waals surface area contributed by atoms with Crippen LogP contribution in [0.15, 0.2) is 52.3 Å². The zero-order valence-corrected chi connectivity index (χ0v) is 11.2. The second-order valence-corrected chi connectivity index (χ2v) is 5.96. The topological polar surface area (TPSA) is 101 Å². The van der Waals surface area contributed by atoms with Crippen LogP contribution in [0.1, 0.15) is 5.56 Å². The second kappa shape index (κ2) is 5.30. The van der Waals surface area contributed by atoms with Crippen LogP contribution in [0.3, 0.4) is 0 Å². The number of nitro groups is 1. The van der Waals surface area contributed by atoms with E-state index in [1.54, 1.807) is 6.07 Å². The lowest BCUT2D eigenvalue weighted by molar-refractivity contribution is -0.385. The minimum absolute atomic E-state index is 0.291. The molecule has 0 saturated heterocycles. The number of nitrogens with zero attached hydrogens (tertiary/aromatic N) is 2. The molecule has 2 rings (SSSR count). The Morgan fingerprint density at radius 3 is 2.38 bits per heavy atom. The van der Waals surface area contributed by atoms with E-state index in [4.69, 9.17) is 5.26 Å². The first-order valence-electron chi connectivity index (χ1n) is 5.55. The van der Waals surface area contributed by atoms with Gasteiger partial charge in [-0.25, -0.2) is 12.8 Å². The lowest BCUT2D eigenvalue weighted by Gasteiger charge is -2.05. The highest BCUT2D eigenvalue weighted by atomic mass is 32.2. The van der Waals surface area contributed by atoms with Gasteiger partial charge in [0.2, 0.25) is 9.84 Å². The molecule has 0 bridgehead atoms. The molecule has 2 aromatic rings. The highest BCUT2D eigenvalue weighted by molar-refractivity contribution is 7.91. The van der Waals surface area contributed by atoms with E-state index in [1.165, 1.54) is 12.1 Å². The van der Waals surface area contributed by atoms with E-state index in [0.29, 0.717) is 0 Å². The molecule has 0 fully saturated rings. The second-order valence-electron chi connectivity index (χ2n) is 4.01. The van der Waals surface area contributed by atoms with E-state index < -0.39 is 26.3 Å². The molecule has 0 atom stereocenters. The minimum Gasteiger partial charge on any atom is -0.258 e. The van der Waals surface area contributed by atoms with E-state index in [9.17, 15) is 22.9 Å². The molecule has 0 aromatic heterocycles. The average Bonchev–Trinajstić information content (AvgIpc) is 2.46. The standard InChI is InChI=1S/C13H7FN2O4S/c14-10-2-1-3-11(7-10)21(19,20)12-4-5-13(16(17)18)9(6-12)8-15/h1-7H. The fraction of sp³-hybridized carbons (Fsp3) is 0. The molecule has 0 N–H and O–H groups in total. The molecule has 8 heteroatoms. The number of nitro benzene ring substituents is 1. The molecule has 21 heavy (non-hydrogen) atoms. The summed E-state index contributed by atoms with van der Waals surface area (Å²) in [5, 5.41) is 19.6. The van der Waals surface area contributed by atoms with Gasteiger partial charge in [0.1, 0.15) is 17.4 Å². The van der Waals surface area contributed by atoms with Gasteiger partial charge in [-0.05, 0) is 30.3 Å². The monoisotopic (exact) mass is 306 g/mol. The fourth-order valence-electron chi connectivity index (χ4n) is 1.70. The van der Waals surface area contributed by atoms with Crippen molar-refractivity contribution in [2.75, 3.05) is 0 Å². The van der Waals surface area contributed by atoms with Gasteiger partial charge in [0.15, 0.2) is 0 Å². The normalized spacial score (nSPS) is 10.9. The maximum Gasteiger partial charge on any atom is 0.287 e. The first-order valence-corrected chi connectivity index (χ1v) is 7.04. The number of halogens is 1. The van der Waals surface area contributed by atoms with Gasteiger partial charge in [-0.15, -0.1) is 0 Å². The highest BCUT2D eigenvalue weighted by Gasteiger charge is 2.22. The van der Waals surface area contributed by atoms with Crippen molar-refractivity contribution in [2.45, 2.75) is 9.79 Å². The molecule has 0 spiro atoms. The van der Waals surface area contributed by atoms with E-state index >= 15 is 0 Å². The lowest BCUT2D eigenvalue weighted by atomic mass is 10.2. The van der Waals surface area contributed by atoms with Crippen molar-refractivity contribution >= 4 is 15.5 Å². The third-order valence-electron chi connectivity index (χ3n) is 2.70. The Balaban J connectivity index is 2.62. The van der Waals surface area contributed by atoms with Gasteiger partial charge in [-0.2, -0.15) is 5.26 Å². The van der Waals surface area contributed by atoms with E-state index in [2.05, 4.69) is 0 Å². The fourth-order valence-corrected chi connectivity index (χ4v) is 3.02. The quantitative estimate of drug-likeness (QED) is 0.640. The van der Waals surface area contributed by atoms with Crippen molar-refractivity contribution < 1.29 is 17.7 Å². The number of rotatable bonds is 3. The molecular weight excluding hydrogens is 299 g/mol. The SMILES string of the molecule is N#Cc1cc(S(=O)(=O)c2cccc(F)c2)ccc1[N+](=O)[O-]. The molecular formula is C13H7FN2O4S. The van der Waals surface area contributed by atoms with Gasteiger partial charge < -0.3 is 0 Å². The molecule has 0 radical (unpaired) electrons. The Kier molecular flexibility index (Phi) is 3.69. The van der Waals surface area contributed by atoms with E-state index in [1.807, 2.05) is 0 Å². The van der Waals surface area contributed by atoms with Crippen molar-refractivity contribution in [3.63, 3.8) is 0 Å². The van der Waals surface area contributed by atoms with E-state index in [0.717, 1.165) is 30.3 Å². The van der Waals surface area contributed by atoms with Crippen LogP contribution < -0.4 is 0 Å². The van der Waals surface area contributed by atoms with Gasteiger partial charge in [0, 0.05) is 6.07 Å². The summed E-state index contributed by atoms with van der Waals surface area (Å²) in [4.78, 5) is 9.33. The number of benzene rings is 2. The zero-order valence-electron chi connectivity index (χ0n) is 10.4. The Bertz CT molecular complexity index is 872. The lowest BCUT2D eigenvalue weighted by Crippen LogP contribution is -2.04. The van der Waals surface area contributed by atoms with Crippen molar-refractivity contribution in [1.82, 2.24) is 0 Å². The van der Waals surface area contributed by atoms with Gasteiger partial charge >= 0.3 is 0 Å². The van der Waals surface area contributed by atoms with Crippen LogP contribution in [0.5, 0.6) is 0 Å². The average molecular weight is 306 g/mol. The Hall–Kier alpha value is -2.79. The van der Waals surface area contributed by atoms with Crippen LogP contribution in [0.2, 0.25) is 0 Å². The maximum atomic E-state index is 13.1. The van der Waals surface area contributed by atoms with Crippen LogP contribution in [-0.4, -0.2) is 13.3 Å². The Morgan fingerprint density at radius 2 is 1.81 bits per heavy atom. The molecule has 0 unspecified atom stereocenters. The predicted molar refractivity (Wildman–Crippen MR) is 69.7 cm³/mol. The Morgan fingerprint density at radius 1 is 1.14 bits per heavy atom. The molecule has 0 aliphatic heterocycles. The summed E-state index contributed by atoms with van der Waals surface area (Å²) in [7, 11) is -4.05. The van der Waals surface area contributed by atoms with Crippen LogP contribution >= 0.6 is 0 Å². The first kappa shape index (κ1) is 14.6. The summed E-state index contributed by atoms with van der Waals surface area (Å²) in [6.07, 6.45) is 0. The van der Waals surface area contributed by atoms with Crippen LogP contribution in [-0.2, 0) is 9.84 Å². The molecule has 0 amide bonds. The summed E-state index contributed by atoms with van der Waals surface area (Å²) < 4.78 is 37.7. The number of nitriles is 1. The van der Waals surface area contributed by atoms with Crippen molar-refractivity contribution in [1.29, 1.82) is 5.26 Å². The van der Waals surface area contributed by atoms with Gasteiger partial charge in [0.05, 0.1) is 14.7 Å². The zero-order chi connectivity index (χ0) is 15.6. The largest absolute Gasteiger partial charge is 0.287 e. The molecule has 2 aromatic carbocycles. The molecule has 106 valence electrons. The minimum atomic E-state index is -4.05. The smallest absolute Gasteiger partial charge is 0.258 e. The van der Waals surface area contributed by atoms with Crippen LogP contribution in [0.25, 0.3) is 0 Å². The summed E-state index contributed by atoms with van der Waals surface area (Å²) >= 11 is 0. The van der Waals surface area contributed by atoms with Gasteiger partial charge in [-0.3, -0.25) is 10.1 Å². The molecule has 0 heterocycles. The van der Waals surface area contributed by atoms with Crippen LogP contribution in [0, 0.1) is 27.3 Å². The van der Waals surface area contributed by atoms with Crippen molar-refractivity contribution in [2.24, 2.45) is 0 Å². The van der Waals surface area contributed by atoms with Gasteiger partial charge in [0.25, 0.3) is 5.69 Å². The van der Waals surface area contributed by atoms with Gasteiger partial charge in [-0.1, -0.05) is 6.07 Å². The molecule has 0 saturated carbocycles.